The molecular weight excluding hydrogens is 471 g/mol. The molecule has 2 aliphatic rings. The molecule has 7 nitrogen and oxygen atoms in total. The van der Waals surface area contributed by atoms with Gasteiger partial charge >= 0.3 is 0 Å². The number of carbonyl (C=O) groups is 1. The highest BCUT2D eigenvalue weighted by Gasteiger charge is 2.27. The quantitative estimate of drug-likeness (QED) is 0.400. The van der Waals surface area contributed by atoms with Gasteiger partial charge in [0.25, 0.3) is 5.91 Å². The van der Waals surface area contributed by atoms with Crippen molar-refractivity contribution in [2.24, 2.45) is 0 Å². The highest BCUT2D eigenvalue weighted by Crippen LogP contribution is 2.33. The summed E-state index contributed by atoms with van der Waals surface area (Å²) in [6.45, 7) is 5.83. The van der Waals surface area contributed by atoms with Crippen LogP contribution in [-0.4, -0.2) is 58.5 Å². The molecule has 37 heavy (non-hydrogen) atoms. The zero-order valence-corrected chi connectivity index (χ0v) is 20.6. The van der Waals surface area contributed by atoms with Crippen LogP contribution in [0.4, 0.5) is 4.39 Å². The second-order valence-corrected chi connectivity index (χ2v) is 9.43. The van der Waals surface area contributed by atoms with Gasteiger partial charge in [-0.05, 0) is 72.6 Å². The lowest BCUT2D eigenvalue weighted by atomic mass is 10.1. The van der Waals surface area contributed by atoms with Crippen molar-refractivity contribution in [3.63, 3.8) is 0 Å². The van der Waals surface area contributed by atoms with Crippen LogP contribution >= 0.6 is 0 Å². The Hall–Kier alpha value is -4.17. The van der Waals surface area contributed by atoms with Crippen LogP contribution in [-0.2, 0) is 6.54 Å². The van der Waals surface area contributed by atoms with E-state index in [0.717, 1.165) is 53.5 Å². The van der Waals surface area contributed by atoms with E-state index in [9.17, 15) is 9.18 Å². The van der Waals surface area contributed by atoms with Gasteiger partial charge in [-0.15, -0.1) is 0 Å². The molecule has 1 amide bonds. The second-order valence-electron chi connectivity index (χ2n) is 9.43. The summed E-state index contributed by atoms with van der Waals surface area (Å²) in [4.78, 5) is 17.9. The number of hydrogen-bond donors (Lipinski definition) is 0. The first-order chi connectivity index (χ1) is 18.0. The summed E-state index contributed by atoms with van der Waals surface area (Å²) in [6, 6.07) is 21.9. The van der Waals surface area contributed by atoms with E-state index < -0.39 is 0 Å². The lowest BCUT2D eigenvalue weighted by Gasteiger charge is -2.34. The minimum Gasteiger partial charge on any atom is -0.454 e. The van der Waals surface area contributed by atoms with E-state index in [1.54, 1.807) is 22.9 Å². The zero-order chi connectivity index (χ0) is 25.4. The number of piperazine rings is 1. The van der Waals surface area contributed by atoms with Crippen molar-refractivity contribution in [3.8, 4) is 28.4 Å². The van der Waals surface area contributed by atoms with Crippen LogP contribution < -0.4 is 9.47 Å². The number of halogens is 1. The number of carbonyl (C=O) groups excluding carboxylic acids is 1. The van der Waals surface area contributed by atoms with Crippen molar-refractivity contribution in [3.05, 3.63) is 95.4 Å². The van der Waals surface area contributed by atoms with Gasteiger partial charge < -0.3 is 14.4 Å². The number of aromatic nitrogens is 2. The van der Waals surface area contributed by atoms with E-state index in [0.29, 0.717) is 24.5 Å². The Balaban J connectivity index is 1.21. The predicted molar refractivity (Wildman–Crippen MR) is 137 cm³/mol. The largest absolute Gasteiger partial charge is 0.454 e. The monoisotopic (exact) mass is 498 g/mol. The molecule has 1 saturated heterocycles. The van der Waals surface area contributed by atoms with Crippen molar-refractivity contribution in [1.29, 1.82) is 0 Å². The fraction of sp³-hybridized carbons (Fsp3) is 0.241. The Morgan fingerprint density at radius 1 is 0.919 bits per heavy atom. The van der Waals surface area contributed by atoms with Crippen LogP contribution in [0.25, 0.3) is 16.9 Å². The summed E-state index contributed by atoms with van der Waals surface area (Å²) in [5, 5.41) is 4.75. The van der Waals surface area contributed by atoms with Gasteiger partial charge in [0.2, 0.25) is 6.79 Å². The van der Waals surface area contributed by atoms with Gasteiger partial charge in [-0.1, -0.05) is 18.2 Å². The standard InChI is InChI=1S/C29H27FN4O3/c1-20-3-2-4-24(15-20)34-26(17-25(31-34)22-6-8-23(30)9-7-22)29(35)33-13-11-32(12-14-33)18-21-5-10-27-28(16-21)37-19-36-27/h2-10,15-17H,11-14,18-19H2,1H3. The molecule has 0 atom stereocenters. The van der Waals surface area contributed by atoms with Crippen LogP contribution in [0.5, 0.6) is 11.5 Å². The highest BCUT2D eigenvalue weighted by molar-refractivity contribution is 5.94. The van der Waals surface area contributed by atoms with Crippen LogP contribution in [0.1, 0.15) is 21.6 Å². The first-order valence-corrected chi connectivity index (χ1v) is 12.4. The SMILES string of the molecule is Cc1cccc(-n2nc(-c3ccc(F)cc3)cc2C(=O)N2CCN(Cc3ccc4c(c3)OCO4)CC2)c1. The Morgan fingerprint density at radius 2 is 1.70 bits per heavy atom. The number of fused-ring (bicyclic) bond motifs is 1. The molecule has 0 aliphatic carbocycles. The van der Waals surface area contributed by atoms with E-state index in [-0.39, 0.29) is 18.5 Å². The molecule has 1 fully saturated rings. The van der Waals surface area contributed by atoms with Gasteiger partial charge in [-0.25, -0.2) is 9.07 Å². The van der Waals surface area contributed by atoms with Crippen molar-refractivity contribution in [2.45, 2.75) is 13.5 Å². The van der Waals surface area contributed by atoms with Crippen molar-refractivity contribution in [1.82, 2.24) is 19.6 Å². The van der Waals surface area contributed by atoms with Gasteiger partial charge in [0.05, 0.1) is 11.4 Å². The van der Waals surface area contributed by atoms with Gasteiger partial charge in [0.15, 0.2) is 11.5 Å². The maximum absolute atomic E-state index is 13.7. The third-order valence-electron chi connectivity index (χ3n) is 6.82. The molecule has 8 heteroatoms. The number of benzene rings is 3. The van der Waals surface area contributed by atoms with Gasteiger partial charge in [-0.2, -0.15) is 5.10 Å². The molecule has 0 radical (unpaired) electrons. The lowest BCUT2D eigenvalue weighted by Crippen LogP contribution is -2.48. The summed E-state index contributed by atoms with van der Waals surface area (Å²) in [6.07, 6.45) is 0. The Kier molecular flexibility index (Phi) is 6.10. The molecule has 4 aromatic rings. The van der Waals surface area contributed by atoms with E-state index >= 15 is 0 Å². The second kappa shape index (κ2) is 9.71. The summed E-state index contributed by atoms with van der Waals surface area (Å²) in [5.74, 6) is 1.19. The van der Waals surface area contributed by atoms with Gasteiger partial charge in [0, 0.05) is 38.3 Å². The topological polar surface area (TPSA) is 59.8 Å². The van der Waals surface area contributed by atoms with Crippen LogP contribution in [0.15, 0.2) is 72.8 Å². The first kappa shape index (κ1) is 23.2. The Labute approximate surface area is 214 Å². The van der Waals surface area contributed by atoms with Crippen molar-refractivity contribution < 1.29 is 18.7 Å². The number of nitrogens with zero attached hydrogens (tertiary/aromatic N) is 4. The molecule has 0 unspecified atom stereocenters. The molecule has 0 saturated carbocycles. The van der Waals surface area contributed by atoms with Crippen LogP contribution in [0.3, 0.4) is 0 Å². The molecule has 0 spiro atoms. The van der Waals surface area contributed by atoms with Crippen molar-refractivity contribution in [2.75, 3.05) is 33.0 Å². The molecule has 6 rings (SSSR count). The highest BCUT2D eigenvalue weighted by atomic mass is 19.1. The number of aryl methyl sites for hydroxylation is 1. The van der Waals surface area contributed by atoms with Gasteiger partial charge in [0.1, 0.15) is 11.5 Å². The average Bonchev–Trinajstić information content (AvgIpc) is 3.57. The molecule has 0 N–H and O–H groups in total. The van der Waals surface area contributed by atoms with Crippen LogP contribution in [0, 0.1) is 12.7 Å². The maximum atomic E-state index is 13.7. The number of hydrogen-bond acceptors (Lipinski definition) is 5. The Morgan fingerprint density at radius 3 is 2.49 bits per heavy atom. The molecular formula is C29H27FN4O3. The van der Waals surface area contributed by atoms with E-state index in [2.05, 4.69) is 11.0 Å². The lowest BCUT2D eigenvalue weighted by molar-refractivity contribution is 0.0619. The Bertz CT molecular complexity index is 1440. The fourth-order valence-corrected chi connectivity index (χ4v) is 4.82. The third-order valence-corrected chi connectivity index (χ3v) is 6.82. The number of rotatable bonds is 5. The summed E-state index contributed by atoms with van der Waals surface area (Å²) in [7, 11) is 0. The number of amides is 1. The zero-order valence-electron chi connectivity index (χ0n) is 20.6. The summed E-state index contributed by atoms with van der Waals surface area (Å²) >= 11 is 0. The van der Waals surface area contributed by atoms with Crippen molar-refractivity contribution >= 4 is 5.91 Å². The first-order valence-electron chi connectivity index (χ1n) is 12.4. The van der Waals surface area contributed by atoms with Crippen LogP contribution in [0.2, 0.25) is 0 Å². The molecule has 3 heterocycles. The third kappa shape index (κ3) is 4.80. The van der Waals surface area contributed by atoms with E-state index in [4.69, 9.17) is 14.6 Å². The van der Waals surface area contributed by atoms with E-state index in [1.807, 2.05) is 48.2 Å². The molecule has 0 bridgehead atoms. The summed E-state index contributed by atoms with van der Waals surface area (Å²) < 4.78 is 26.1. The molecule has 3 aromatic carbocycles. The minimum atomic E-state index is -0.309. The summed E-state index contributed by atoms with van der Waals surface area (Å²) in [5.41, 5.74) is 4.94. The number of ether oxygens (including phenoxy) is 2. The average molecular weight is 499 g/mol. The molecule has 188 valence electrons. The maximum Gasteiger partial charge on any atom is 0.272 e. The smallest absolute Gasteiger partial charge is 0.272 e. The minimum absolute atomic E-state index is 0.0647. The molecule has 2 aliphatic heterocycles. The normalized spacial score (nSPS) is 15.2. The molecule has 1 aromatic heterocycles. The fourth-order valence-electron chi connectivity index (χ4n) is 4.82. The predicted octanol–water partition coefficient (Wildman–Crippen LogP) is 4.67. The van der Waals surface area contributed by atoms with E-state index in [1.165, 1.54) is 12.1 Å². The van der Waals surface area contributed by atoms with Gasteiger partial charge in [-0.3, -0.25) is 9.69 Å².